The van der Waals surface area contributed by atoms with Crippen molar-refractivity contribution in [1.82, 2.24) is 9.55 Å². The van der Waals surface area contributed by atoms with Gasteiger partial charge in [0.2, 0.25) is 0 Å². The number of benzene rings is 2. The van der Waals surface area contributed by atoms with Crippen molar-refractivity contribution in [2.75, 3.05) is 5.75 Å². The van der Waals surface area contributed by atoms with Gasteiger partial charge in [-0.3, -0.25) is 0 Å². The van der Waals surface area contributed by atoms with E-state index < -0.39 is 33.3 Å². The summed E-state index contributed by atoms with van der Waals surface area (Å²) in [4.78, 5) is 4.12. The molecule has 0 aliphatic carbocycles. The zero-order chi connectivity index (χ0) is 23.6. The van der Waals surface area contributed by atoms with E-state index in [1.165, 1.54) is 24.6 Å². The molecule has 2 heterocycles. The fraction of sp³-hybridized carbons (Fsp3) is 0.250. The number of nitrogens with zero attached hydrogens (tertiary/aromatic N) is 2. The summed E-state index contributed by atoms with van der Waals surface area (Å²) in [5.74, 6) is -0.254. The molecule has 0 bridgehead atoms. The first-order valence-electron chi connectivity index (χ1n) is 9.14. The molecule has 0 spiro atoms. The lowest BCUT2D eigenvalue weighted by atomic mass is 10.1. The first-order chi connectivity index (χ1) is 14.7. The lowest BCUT2D eigenvalue weighted by Crippen LogP contribution is -2.06. The summed E-state index contributed by atoms with van der Waals surface area (Å²) < 4.78 is 106. The highest BCUT2D eigenvalue weighted by atomic mass is 32.2. The Bertz CT molecular complexity index is 1460. The Hall–Kier alpha value is -2.60. The van der Waals surface area contributed by atoms with Crippen LogP contribution in [0.15, 0.2) is 41.3 Å². The van der Waals surface area contributed by atoms with E-state index in [2.05, 4.69) is 4.98 Å². The number of thiophene rings is 1. The molecule has 4 nitrogen and oxygen atoms in total. The van der Waals surface area contributed by atoms with Crippen LogP contribution >= 0.6 is 11.3 Å². The van der Waals surface area contributed by atoms with E-state index >= 15 is 0 Å². The Labute approximate surface area is 182 Å². The van der Waals surface area contributed by atoms with Crippen LogP contribution in [0.25, 0.3) is 31.8 Å². The predicted octanol–water partition coefficient (Wildman–Crippen LogP) is 6.29. The summed E-state index contributed by atoms with van der Waals surface area (Å²) in [5.41, 5.74) is -1.54. The molecule has 0 atom stereocenters. The average molecular weight is 492 g/mol. The van der Waals surface area contributed by atoms with E-state index in [0.29, 0.717) is 5.52 Å². The zero-order valence-corrected chi connectivity index (χ0v) is 18.1. The molecular weight excluding hydrogens is 478 g/mol. The van der Waals surface area contributed by atoms with Gasteiger partial charge in [0.1, 0.15) is 0 Å². The van der Waals surface area contributed by atoms with Gasteiger partial charge in [0, 0.05) is 17.1 Å². The van der Waals surface area contributed by atoms with Gasteiger partial charge in [-0.25, -0.2) is 13.4 Å². The summed E-state index contributed by atoms with van der Waals surface area (Å²) >= 11 is 0.804. The molecule has 0 radical (unpaired) electrons. The number of halogens is 6. The second-order valence-electron chi connectivity index (χ2n) is 7.07. The topological polar surface area (TPSA) is 52.0 Å². The van der Waals surface area contributed by atoms with Crippen LogP contribution in [0.3, 0.4) is 0 Å². The molecule has 0 fully saturated rings. The lowest BCUT2D eigenvalue weighted by molar-refractivity contribution is -0.138. The fourth-order valence-electron chi connectivity index (χ4n) is 3.43. The van der Waals surface area contributed by atoms with Crippen molar-refractivity contribution >= 4 is 42.3 Å². The molecule has 0 N–H and O–H groups in total. The van der Waals surface area contributed by atoms with Crippen LogP contribution in [-0.2, 0) is 29.2 Å². The molecule has 12 heteroatoms. The summed E-state index contributed by atoms with van der Waals surface area (Å²) in [7, 11) is -2.39. The zero-order valence-electron chi connectivity index (χ0n) is 16.5. The van der Waals surface area contributed by atoms with Crippen LogP contribution in [0.4, 0.5) is 26.3 Å². The van der Waals surface area contributed by atoms with Gasteiger partial charge in [-0.1, -0.05) is 13.0 Å². The Morgan fingerprint density at radius 1 is 0.969 bits per heavy atom. The molecule has 0 unspecified atom stereocenters. The number of alkyl halides is 6. The van der Waals surface area contributed by atoms with Crippen molar-refractivity contribution in [3.63, 3.8) is 0 Å². The molecule has 4 rings (SSSR count). The van der Waals surface area contributed by atoms with Crippen molar-refractivity contribution in [2.45, 2.75) is 24.2 Å². The Kier molecular flexibility index (Phi) is 5.09. The lowest BCUT2D eigenvalue weighted by Gasteiger charge is -2.07. The maximum absolute atomic E-state index is 13.2. The average Bonchev–Trinajstić information content (AvgIpc) is 3.24. The monoisotopic (exact) mass is 492 g/mol. The van der Waals surface area contributed by atoms with Crippen molar-refractivity contribution in [1.29, 1.82) is 0 Å². The van der Waals surface area contributed by atoms with E-state index in [0.717, 1.165) is 41.7 Å². The summed E-state index contributed by atoms with van der Waals surface area (Å²) in [6.45, 7) is 1.40. The van der Waals surface area contributed by atoms with Gasteiger partial charge in [0.05, 0.1) is 37.7 Å². The number of sulfone groups is 1. The van der Waals surface area contributed by atoms with E-state index in [4.69, 9.17) is 0 Å². The van der Waals surface area contributed by atoms with E-state index in [1.54, 1.807) is 0 Å². The van der Waals surface area contributed by atoms with Crippen molar-refractivity contribution in [3.05, 3.63) is 47.5 Å². The van der Waals surface area contributed by atoms with Crippen LogP contribution in [0.1, 0.15) is 18.1 Å². The van der Waals surface area contributed by atoms with E-state index in [-0.39, 0.29) is 37.0 Å². The molecular formula is C20H14F6N2O2S2. The molecule has 0 aliphatic heterocycles. The summed E-state index contributed by atoms with van der Waals surface area (Å²) in [6.07, 6.45) is -9.21. The number of hydrogen-bond acceptors (Lipinski definition) is 4. The maximum atomic E-state index is 13.2. The van der Waals surface area contributed by atoms with Gasteiger partial charge in [0.15, 0.2) is 15.7 Å². The van der Waals surface area contributed by atoms with Gasteiger partial charge in [-0.2, -0.15) is 26.3 Å². The number of rotatable bonds is 3. The minimum atomic E-state index is -4.62. The van der Waals surface area contributed by atoms with Crippen LogP contribution in [0, 0.1) is 0 Å². The van der Waals surface area contributed by atoms with Gasteiger partial charge in [-0.05, 0) is 30.3 Å². The van der Waals surface area contributed by atoms with Crippen molar-refractivity contribution in [2.24, 2.45) is 7.05 Å². The van der Waals surface area contributed by atoms with Crippen LogP contribution in [-0.4, -0.2) is 23.7 Å². The second-order valence-corrected chi connectivity index (χ2v) is 10.3. The molecule has 0 aliphatic rings. The minimum Gasteiger partial charge on any atom is -0.326 e. The predicted molar refractivity (Wildman–Crippen MR) is 109 cm³/mol. The summed E-state index contributed by atoms with van der Waals surface area (Å²) in [6, 6.07) is 5.73. The number of fused-ring (bicyclic) bond motifs is 2. The second kappa shape index (κ2) is 7.20. The van der Waals surface area contributed by atoms with Gasteiger partial charge in [0.25, 0.3) is 0 Å². The highest BCUT2D eigenvalue weighted by molar-refractivity contribution is 7.92. The number of hydrogen-bond donors (Lipinski definition) is 0. The first kappa shape index (κ1) is 22.6. The van der Waals surface area contributed by atoms with E-state index in [9.17, 15) is 34.8 Å². The molecule has 0 saturated carbocycles. The molecule has 0 amide bonds. The van der Waals surface area contributed by atoms with Crippen LogP contribution < -0.4 is 0 Å². The smallest absolute Gasteiger partial charge is 0.326 e. The third-order valence-electron chi connectivity index (χ3n) is 5.07. The van der Waals surface area contributed by atoms with Gasteiger partial charge < -0.3 is 4.57 Å². The SMILES string of the molecule is CCS(=O)(=O)c1c(-c2nc3cc(C(F)(F)F)ccc3n2C)sc2cc(C(F)(F)F)ccc12. The van der Waals surface area contributed by atoms with Crippen LogP contribution in [0.2, 0.25) is 0 Å². The summed E-state index contributed by atoms with van der Waals surface area (Å²) in [5, 5.41) is 0.114. The third kappa shape index (κ3) is 3.64. The molecule has 0 saturated heterocycles. The molecule has 170 valence electrons. The third-order valence-corrected chi connectivity index (χ3v) is 8.16. The normalized spacial score (nSPS) is 13.4. The quantitative estimate of drug-likeness (QED) is 0.316. The van der Waals surface area contributed by atoms with Crippen molar-refractivity contribution < 1.29 is 34.8 Å². The van der Waals surface area contributed by atoms with Crippen LogP contribution in [0.5, 0.6) is 0 Å². The largest absolute Gasteiger partial charge is 0.416 e. The fourth-order valence-corrected chi connectivity index (χ4v) is 6.34. The molecule has 2 aromatic carbocycles. The number of aryl methyl sites for hydroxylation is 1. The number of aromatic nitrogens is 2. The number of imidazole rings is 1. The Morgan fingerprint density at radius 2 is 1.56 bits per heavy atom. The molecule has 2 aromatic heterocycles. The molecule has 4 aromatic rings. The highest BCUT2D eigenvalue weighted by Gasteiger charge is 2.34. The van der Waals surface area contributed by atoms with E-state index in [1.807, 2.05) is 0 Å². The minimum absolute atomic E-state index is 0.00870. The van der Waals surface area contributed by atoms with Gasteiger partial charge in [-0.15, -0.1) is 11.3 Å². The Balaban J connectivity index is 2.04. The van der Waals surface area contributed by atoms with Crippen molar-refractivity contribution in [3.8, 4) is 10.7 Å². The van der Waals surface area contributed by atoms with Gasteiger partial charge >= 0.3 is 12.4 Å². The first-order valence-corrected chi connectivity index (χ1v) is 11.6. The Morgan fingerprint density at radius 3 is 2.16 bits per heavy atom. The highest BCUT2D eigenvalue weighted by Crippen LogP contribution is 2.44. The molecule has 32 heavy (non-hydrogen) atoms. The standard InChI is InChI=1S/C20H14F6N2O2S2/c1-3-32(29,30)17-12-6-4-11(20(24,25)26)9-15(12)31-16(17)18-27-13-8-10(19(21,22)23)5-7-14(13)28(18)2/h4-9H,3H2,1-2H3. The maximum Gasteiger partial charge on any atom is 0.416 e.